The van der Waals surface area contributed by atoms with Crippen molar-refractivity contribution in [3.63, 3.8) is 0 Å². The number of halogens is 4. The molecule has 3 aromatic rings. The Labute approximate surface area is 148 Å². The van der Waals surface area contributed by atoms with E-state index in [2.05, 4.69) is 14.7 Å². The summed E-state index contributed by atoms with van der Waals surface area (Å²) in [6.45, 7) is 2.62. The van der Waals surface area contributed by atoms with Gasteiger partial charge in [-0.25, -0.2) is 9.97 Å². The fourth-order valence-corrected chi connectivity index (χ4v) is 2.38. The Hall–Kier alpha value is -2.48. The van der Waals surface area contributed by atoms with Crippen LogP contribution in [0.1, 0.15) is 18.4 Å². The lowest BCUT2D eigenvalue weighted by molar-refractivity contribution is -0.274. The van der Waals surface area contributed by atoms with Crippen molar-refractivity contribution < 1.29 is 17.9 Å². The molecule has 2 heterocycles. The summed E-state index contributed by atoms with van der Waals surface area (Å²) in [5, 5.41) is 0. The van der Waals surface area contributed by atoms with Crippen molar-refractivity contribution in [2.75, 3.05) is 0 Å². The monoisotopic (exact) mass is 372 g/mol. The first-order valence-electron chi connectivity index (χ1n) is 7.33. The predicted octanol–water partition coefficient (Wildman–Crippen LogP) is 4.00. The largest absolute Gasteiger partial charge is 0.573 e. The van der Waals surface area contributed by atoms with E-state index in [0.717, 1.165) is 17.9 Å². The molecular weight excluding hydrogens is 357 g/mol. The first-order chi connectivity index (χ1) is 11.4. The molecule has 25 heavy (non-hydrogen) atoms. The molecular formula is C16H16ClF3N4O. The summed E-state index contributed by atoms with van der Waals surface area (Å²) in [5.41, 5.74) is 1.53. The molecule has 0 aliphatic heterocycles. The average molecular weight is 373 g/mol. The van der Waals surface area contributed by atoms with Crippen LogP contribution in [0.4, 0.5) is 13.2 Å². The zero-order valence-electron chi connectivity index (χ0n) is 13.3. The van der Waals surface area contributed by atoms with Crippen LogP contribution in [0.3, 0.4) is 0 Å². The predicted molar refractivity (Wildman–Crippen MR) is 88.2 cm³/mol. The molecule has 0 spiro atoms. The van der Waals surface area contributed by atoms with Crippen molar-refractivity contribution in [3.05, 3.63) is 60.7 Å². The maximum absolute atomic E-state index is 12.2. The SMILES string of the molecule is CCc1nccn1Cc1cn(-c2ccc(OC(F)(F)F)cc2)cn1.Cl. The summed E-state index contributed by atoms with van der Waals surface area (Å²) in [6, 6.07) is 5.63. The van der Waals surface area contributed by atoms with Gasteiger partial charge in [-0.05, 0) is 24.3 Å². The Bertz CT molecular complexity index is 811. The lowest BCUT2D eigenvalue weighted by Gasteiger charge is -2.09. The van der Waals surface area contributed by atoms with Gasteiger partial charge in [-0.2, -0.15) is 0 Å². The van der Waals surface area contributed by atoms with Crippen molar-refractivity contribution in [2.24, 2.45) is 0 Å². The van der Waals surface area contributed by atoms with Crippen LogP contribution in [0.5, 0.6) is 5.75 Å². The number of aryl methyl sites for hydroxylation is 1. The Balaban J connectivity index is 0.00000225. The molecule has 0 aliphatic carbocycles. The van der Waals surface area contributed by atoms with Gasteiger partial charge in [0.15, 0.2) is 0 Å². The quantitative estimate of drug-likeness (QED) is 0.680. The number of rotatable bonds is 5. The average Bonchev–Trinajstić information content (AvgIpc) is 3.16. The molecule has 0 aliphatic rings. The van der Waals surface area contributed by atoms with Gasteiger partial charge >= 0.3 is 6.36 Å². The second-order valence-electron chi connectivity index (χ2n) is 5.14. The van der Waals surface area contributed by atoms with Crippen molar-refractivity contribution in [1.82, 2.24) is 19.1 Å². The first-order valence-corrected chi connectivity index (χ1v) is 7.33. The van der Waals surface area contributed by atoms with E-state index >= 15 is 0 Å². The number of nitrogens with zero attached hydrogens (tertiary/aromatic N) is 4. The van der Waals surface area contributed by atoms with Crippen molar-refractivity contribution in [1.29, 1.82) is 0 Å². The smallest absolute Gasteiger partial charge is 0.406 e. The van der Waals surface area contributed by atoms with Gasteiger partial charge in [0.25, 0.3) is 0 Å². The Morgan fingerprint density at radius 2 is 1.84 bits per heavy atom. The molecule has 0 saturated heterocycles. The molecule has 5 nitrogen and oxygen atoms in total. The van der Waals surface area contributed by atoms with E-state index in [-0.39, 0.29) is 18.2 Å². The molecule has 2 aromatic heterocycles. The summed E-state index contributed by atoms with van der Waals surface area (Å²) < 4.78 is 44.1. The molecule has 0 saturated carbocycles. The van der Waals surface area contributed by atoms with E-state index in [1.165, 1.54) is 12.1 Å². The molecule has 1 aromatic carbocycles. The third-order valence-corrected chi connectivity index (χ3v) is 3.45. The van der Waals surface area contributed by atoms with Crippen LogP contribution in [0.2, 0.25) is 0 Å². The van der Waals surface area contributed by atoms with Crippen LogP contribution in [-0.2, 0) is 13.0 Å². The molecule has 9 heteroatoms. The van der Waals surface area contributed by atoms with Gasteiger partial charge in [0, 0.05) is 30.7 Å². The van der Waals surface area contributed by atoms with Crippen LogP contribution in [0.25, 0.3) is 5.69 Å². The number of alkyl halides is 3. The van der Waals surface area contributed by atoms with E-state index in [1.54, 1.807) is 29.2 Å². The van der Waals surface area contributed by atoms with E-state index in [9.17, 15) is 13.2 Å². The molecule has 0 unspecified atom stereocenters. The molecule has 0 N–H and O–H groups in total. The minimum absolute atomic E-state index is 0. The minimum atomic E-state index is -4.69. The van der Waals surface area contributed by atoms with E-state index in [4.69, 9.17) is 0 Å². The number of imidazole rings is 2. The van der Waals surface area contributed by atoms with Gasteiger partial charge in [-0.3, -0.25) is 0 Å². The molecule has 0 atom stereocenters. The zero-order valence-corrected chi connectivity index (χ0v) is 14.1. The summed E-state index contributed by atoms with van der Waals surface area (Å²) in [7, 11) is 0. The van der Waals surface area contributed by atoms with Crippen molar-refractivity contribution >= 4 is 12.4 Å². The summed E-state index contributed by atoms with van der Waals surface area (Å²) >= 11 is 0. The van der Waals surface area contributed by atoms with Gasteiger partial charge < -0.3 is 13.9 Å². The van der Waals surface area contributed by atoms with Gasteiger partial charge in [-0.15, -0.1) is 25.6 Å². The van der Waals surface area contributed by atoms with Gasteiger partial charge in [0.05, 0.1) is 18.6 Å². The lowest BCUT2D eigenvalue weighted by atomic mass is 10.3. The normalized spacial score (nSPS) is 11.2. The Morgan fingerprint density at radius 1 is 1.12 bits per heavy atom. The third kappa shape index (κ3) is 4.76. The molecule has 0 bridgehead atoms. The second-order valence-corrected chi connectivity index (χ2v) is 5.14. The number of benzene rings is 1. The van der Waals surface area contributed by atoms with Crippen LogP contribution in [0.15, 0.2) is 49.2 Å². The molecule has 0 radical (unpaired) electrons. The molecule has 134 valence electrons. The Kier molecular flexibility index (Phi) is 5.73. The third-order valence-electron chi connectivity index (χ3n) is 3.45. The van der Waals surface area contributed by atoms with E-state index in [0.29, 0.717) is 12.2 Å². The number of ether oxygens (including phenoxy) is 1. The topological polar surface area (TPSA) is 44.9 Å². The van der Waals surface area contributed by atoms with E-state index < -0.39 is 6.36 Å². The zero-order chi connectivity index (χ0) is 17.2. The highest BCUT2D eigenvalue weighted by Gasteiger charge is 2.30. The van der Waals surface area contributed by atoms with Gasteiger partial charge in [0.1, 0.15) is 11.6 Å². The van der Waals surface area contributed by atoms with Crippen LogP contribution in [0, 0.1) is 0 Å². The second kappa shape index (κ2) is 7.60. The van der Waals surface area contributed by atoms with Gasteiger partial charge in [-0.1, -0.05) is 6.92 Å². The summed E-state index contributed by atoms with van der Waals surface area (Å²) in [5.74, 6) is 0.718. The lowest BCUT2D eigenvalue weighted by Crippen LogP contribution is -2.17. The maximum atomic E-state index is 12.2. The van der Waals surface area contributed by atoms with Crippen molar-refractivity contribution in [2.45, 2.75) is 26.3 Å². The minimum Gasteiger partial charge on any atom is -0.406 e. The fraction of sp³-hybridized carbons (Fsp3) is 0.250. The summed E-state index contributed by atoms with van der Waals surface area (Å²) in [6.07, 6.45) is 3.23. The van der Waals surface area contributed by atoms with Crippen LogP contribution in [-0.4, -0.2) is 25.5 Å². The highest BCUT2D eigenvalue weighted by molar-refractivity contribution is 5.85. The highest BCUT2D eigenvalue weighted by Crippen LogP contribution is 2.23. The first kappa shape index (κ1) is 18.9. The van der Waals surface area contributed by atoms with Crippen LogP contribution < -0.4 is 4.74 Å². The van der Waals surface area contributed by atoms with Gasteiger partial charge in [0.2, 0.25) is 0 Å². The fourth-order valence-electron chi connectivity index (χ4n) is 2.38. The molecule has 0 amide bonds. The highest BCUT2D eigenvalue weighted by atomic mass is 35.5. The van der Waals surface area contributed by atoms with Crippen LogP contribution >= 0.6 is 12.4 Å². The number of hydrogen-bond donors (Lipinski definition) is 0. The maximum Gasteiger partial charge on any atom is 0.573 e. The molecule has 3 rings (SSSR count). The summed E-state index contributed by atoms with van der Waals surface area (Å²) in [4.78, 5) is 8.59. The Morgan fingerprint density at radius 3 is 2.48 bits per heavy atom. The standard InChI is InChI=1S/C16H15F3N4O.ClH/c1-2-15-20-7-8-22(15)9-12-10-23(11-21-12)13-3-5-14(6-4-13)24-16(17,18)19;/h3-8,10-11H,2,9H2,1H3;1H. The number of aromatic nitrogens is 4. The van der Waals surface area contributed by atoms with E-state index in [1.807, 2.05) is 23.9 Å². The van der Waals surface area contributed by atoms with Crippen molar-refractivity contribution in [3.8, 4) is 11.4 Å². The number of hydrogen-bond acceptors (Lipinski definition) is 3. The molecule has 0 fully saturated rings.